The molecule has 0 aliphatic heterocycles. The van der Waals surface area contributed by atoms with Crippen LogP contribution in [0.25, 0.3) is 0 Å². The van der Waals surface area contributed by atoms with E-state index in [1.54, 1.807) is 0 Å². The third-order valence-electron chi connectivity index (χ3n) is 1.39. The molecule has 13 heavy (non-hydrogen) atoms. The monoisotopic (exact) mass is 258 g/mol. The largest absolute Gasteiger partial charge is 0.398 e. The van der Waals surface area contributed by atoms with Crippen molar-refractivity contribution in [3.05, 3.63) is 20.3 Å². The van der Waals surface area contributed by atoms with Gasteiger partial charge in [-0.25, -0.2) is 0 Å². The summed E-state index contributed by atoms with van der Waals surface area (Å²) in [6, 6.07) is 3.93. The first kappa shape index (κ1) is 10.2. The molecule has 0 aliphatic rings. The molecule has 0 saturated heterocycles. The van der Waals surface area contributed by atoms with Gasteiger partial charge >= 0.3 is 0 Å². The van der Waals surface area contributed by atoms with Gasteiger partial charge in [0.15, 0.2) is 5.71 Å². The van der Waals surface area contributed by atoms with Crippen molar-refractivity contribution in [3.63, 3.8) is 0 Å². The number of halogens is 1. The fourth-order valence-electron chi connectivity index (χ4n) is 0.882. The summed E-state index contributed by atoms with van der Waals surface area (Å²) in [7, 11) is 1.43. The molecule has 0 saturated carbocycles. The molecule has 1 aromatic heterocycles. The minimum Gasteiger partial charge on any atom is -0.398 e. The van der Waals surface area contributed by atoms with Crippen LogP contribution in [0.15, 0.2) is 15.0 Å². The summed E-state index contributed by atoms with van der Waals surface area (Å²) < 4.78 is 0.985. The molecular weight excluding hydrogens is 252 g/mol. The van der Waals surface area contributed by atoms with Crippen LogP contribution in [0.5, 0.6) is 0 Å². The van der Waals surface area contributed by atoms with Gasteiger partial charge in [0.25, 0.3) is 0 Å². The lowest BCUT2D eigenvalue weighted by Gasteiger charge is -1.93. The number of aryl methyl sites for hydroxylation is 1. The van der Waals surface area contributed by atoms with Crippen molar-refractivity contribution in [2.75, 3.05) is 7.11 Å². The van der Waals surface area contributed by atoms with Crippen molar-refractivity contribution in [2.24, 2.45) is 5.16 Å². The van der Waals surface area contributed by atoms with Gasteiger partial charge in [0, 0.05) is 0 Å². The Morgan fingerprint density at radius 1 is 1.77 bits per heavy atom. The number of nitrogens with zero attached hydrogens (tertiary/aromatic N) is 2. The van der Waals surface area contributed by atoms with Gasteiger partial charge in [0.2, 0.25) is 0 Å². The summed E-state index contributed by atoms with van der Waals surface area (Å²) in [6.07, 6.45) is 0. The second-order valence-corrected chi connectivity index (χ2v) is 4.73. The second-order valence-electron chi connectivity index (χ2n) is 2.30. The lowest BCUT2D eigenvalue weighted by atomic mass is 10.2. The molecule has 0 fully saturated rings. The van der Waals surface area contributed by atoms with Crippen LogP contribution >= 0.6 is 27.3 Å². The van der Waals surface area contributed by atoms with E-state index in [2.05, 4.69) is 25.9 Å². The van der Waals surface area contributed by atoms with Gasteiger partial charge in [0.1, 0.15) is 13.2 Å². The minimum atomic E-state index is 0.315. The van der Waals surface area contributed by atoms with Crippen molar-refractivity contribution >= 4 is 33.0 Å². The van der Waals surface area contributed by atoms with E-state index in [1.807, 2.05) is 19.1 Å². The van der Waals surface area contributed by atoms with Gasteiger partial charge in [-0.3, -0.25) is 0 Å². The highest BCUT2D eigenvalue weighted by atomic mass is 79.9. The van der Waals surface area contributed by atoms with E-state index in [4.69, 9.17) is 5.26 Å². The van der Waals surface area contributed by atoms with Gasteiger partial charge in [-0.15, -0.1) is 11.3 Å². The Kier molecular flexibility index (Phi) is 3.46. The van der Waals surface area contributed by atoms with E-state index in [0.29, 0.717) is 5.71 Å². The summed E-state index contributed by atoms with van der Waals surface area (Å²) in [4.78, 5) is 5.41. The van der Waals surface area contributed by atoms with E-state index in [-0.39, 0.29) is 0 Å². The average molecular weight is 259 g/mol. The Bertz CT molecular complexity index is 378. The maximum Gasteiger partial charge on any atom is 0.197 e. The van der Waals surface area contributed by atoms with Crippen LogP contribution in [0, 0.1) is 18.3 Å². The zero-order valence-corrected chi connectivity index (χ0v) is 9.57. The lowest BCUT2D eigenvalue weighted by Crippen LogP contribution is -1.96. The quantitative estimate of drug-likeness (QED) is 0.605. The Balaban J connectivity index is 3.14. The first-order valence-corrected chi connectivity index (χ1v) is 5.07. The Hall–Kier alpha value is -0.860. The molecule has 0 unspecified atom stereocenters. The van der Waals surface area contributed by atoms with E-state index < -0.39 is 0 Å². The lowest BCUT2D eigenvalue weighted by molar-refractivity contribution is 0.214. The average Bonchev–Trinajstić information content (AvgIpc) is 2.41. The molecule has 0 spiro atoms. The molecule has 5 heteroatoms. The molecule has 0 amide bonds. The minimum absolute atomic E-state index is 0.315. The Labute approximate surface area is 88.8 Å². The van der Waals surface area contributed by atoms with Crippen LogP contribution in [0.3, 0.4) is 0 Å². The summed E-state index contributed by atoms with van der Waals surface area (Å²) in [6.45, 7) is 1.93. The second kappa shape index (κ2) is 4.40. The predicted octanol–water partition coefficient (Wildman–Crippen LogP) is 2.69. The molecular formula is C8H7BrN2OS. The summed E-state index contributed by atoms with van der Waals surface area (Å²) in [5, 5.41) is 12.4. The third kappa shape index (κ3) is 2.29. The zero-order valence-electron chi connectivity index (χ0n) is 7.17. The van der Waals surface area contributed by atoms with Crippen molar-refractivity contribution in [3.8, 4) is 6.07 Å². The predicted molar refractivity (Wildman–Crippen MR) is 55.9 cm³/mol. The Morgan fingerprint density at radius 2 is 2.46 bits per heavy atom. The van der Waals surface area contributed by atoms with E-state index in [9.17, 15) is 0 Å². The van der Waals surface area contributed by atoms with Crippen LogP contribution in [-0.4, -0.2) is 12.8 Å². The molecule has 0 aliphatic carbocycles. The highest BCUT2D eigenvalue weighted by Gasteiger charge is 2.10. The van der Waals surface area contributed by atoms with Gasteiger partial charge in [-0.05, 0) is 34.5 Å². The molecule has 1 heterocycles. The topological polar surface area (TPSA) is 45.4 Å². The molecule has 0 aromatic carbocycles. The number of nitriles is 1. The van der Waals surface area contributed by atoms with Crippen molar-refractivity contribution < 1.29 is 4.84 Å². The molecule has 0 N–H and O–H groups in total. The first-order chi connectivity index (χ1) is 6.19. The van der Waals surface area contributed by atoms with Gasteiger partial charge < -0.3 is 4.84 Å². The number of hydrogen-bond donors (Lipinski definition) is 0. The van der Waals surface area contributed by atoms with Gasteiger partial charge in [0.05, 0.1) is 8.66 Å². The van der Waals surface area contributed by atoms with Crippen molar-refractivity contribution in [1.29, 1.82) is 5.26 Å². The molecule has 1 aromatic rings. The van der Waals surface area contributed by atoms with Crippen LogP contribution < -0.4 is 0 Å². The van der Waals surface area contributed by atoms with Crippen LogP contribution in [0.2, 0.25) is 0 Å². The molecule has 3 nitrogen and oxygen atoms in total. The first-order valence-electron chi connectivity index (χ1n) is 3.46. The number of hydrogen-bond acceptors (Lipinski definition) is 4. The molecule has 0 atom stereocenters. The van der Waals surface area contributed by atoms with Crippen molar-refractivity contribution in [1.82, 2.24) is 0 Å². The zero-order chi connectivity index (χ0) is 9.84. The normalized spacial score (nSPS) is 11.1. The standard InChI is InChI=1S/C8H7BrN2OS/c1-5-3-7(9)13-8(5)6(4-10)11-12-2/h3H,1-2H3/b11-6+. The number of rotatable bonds is 2. The van der Waals surface area contributed by atoms with Crippen LogP contribution in [0.1, 0.15) is 10.4 Å². The van der Waals surface area contributed by atoms with E-state index in [0.717, 1.165) is 14.2 Å². The van der Waals surface area contributed by atoms with Crippen molar-refractivity contribution in [2.45, 2.75) is 6.92 Å². The summed E-state index contributed by atoms with van der Waals surface area (Å²) >= 11 is 4.82. The number of thiophene rings is 1. The Morgan fingerprint density at radius 3 is 2.85 bits per heavy atom. The van der Waals surface area contributed by atoms with Gasteiger partial charge in [-0.1, -0.05) is 5.16 Å². The molecule has 0 radical (unpaired) electrons. The molecule has 0 bridgehead atoms. The molecule has 68 valence electrons. The maximum atomic E-state index is 8.77. The third-order valence-corrected chi connectivity index (χ3v) is 3.14. The molecule has 1 rings (SSSR count). The number of oxime groups is 1. The van der Waals surface area contributed by atoms with Crippen LogP contribution in [-0.2, 0) is 4.84 Å². The highest BCUT2D eigenvalue weighted by molar-refractivity contribution is 9.11. The SMILES string of the molecule is CO/N=C(\C#N)c1sc(Br)cc1C. The van der Waals surface area contributed by atoms with Crippen LogP contribution in [0.4, 0.5) is 0 Å². The maximum absolute atomic E-state index is 8.77. The van der Waals surface area contributed by atoms with Gasteiger partial charge in [-0.2, -0.15) is 5.26 Å². The summed E-state index contributed by atoms with van der Waals surface area (Å²) in [5.41, 5.74) is 1.34. The smallest absolute Gasteiger partial charge is 0.197 e. The fourth-order valence-corrected chi connectivity index (χ4v) is 2.54. The van der Waals surface area contributed by atoms with E-state index >= 15 is 0 Å². The fraction of sp³-hybridized carbons (Fsp3) is 0.250. The highest BCUT2D eigenvalue weighted by Crippen LogP contribution is 2.27. The van der Waals surface area contributed by atoms with E-state index in [1.165, 1.54) is 18.4 Å². The summed E-state index contributed by atoms with van der Waals surface area (Å²) in [5.74, 6) is 0.